The highest BCUT2D eigenvalue weighted by atomic mass is 16.5. The summed E-state index contributed by atoms with van der Waals surface area (Å²) >= 11 is 0. The van der Waals surface area contributed by atoms with Gasteiger partial charge in [-0.1, -0.05) is 30.3 Å². The first-order valence-electron chi connectivity index (χ1n) is 9.48. The molecule has 0 spiro atoms. The molecule has 9 nitrogen and oxygen atoms in total. The number of anilines is 1. The Labute approximate surface area is 171 Å². The van der Waals surface area contributed by atoms with E-state index in [1.54, 1.807) is 24.2 Å². The Morgan fingerprint density at radius 3 is 2.87 bits per heavy atom. The van der Waals surface area contributed by atoms with Crippen LogP contribution in [0, 0.1) is 0 Å². The van der Waals surface area contributed by atoms with Crippen molar-refractivity contribution < 1.29 is 18.7 Å². The van der Waals surface area contributed by atoms with Gasteiger partial charge in [0.2, 0.25) is 5.82 Å². The first-order valence-corrected chi connectivity index (χ1v) is 9.48. The maximum Gasteiger partial charge on any atom is 0.291 e. The molecule has 0 saturated carbocycles. The van der Waals surface area contributed by atoms with Crippen molar-refractivity contribution in [1.82, 2.24) is 20.3 Å². The van der Waals surface area contributed by atoms with Crippen LogP contribution in [-0.2, 0) is 11.3 Å². The number of furan rings is 1. The molecule has 4 aromatic rings. The van der Waals surface area contributed by atoms with Crippen LogP contribution in [0.3, 0.4) is 0 Å². The standard InChI is InChI=1S/C21H19N5O4/c1-25-16-9-14-7-8-29-17(14)10-18(16)30-12-15(21(25)28)22-20(27)19-23-26(24-19)11-13-5-3-2-4-6-13/h2-10,15H,11-12H2,1H3,(H,22,27)(H,23,24)/t15-/m0/s1. The Morgan fingerprint density at radius 2 is 2.07 bits per heavy atom. The monoisotopic (exact) mass is 405 g/mol. The Morgan fingerprint density at radius 1 is 1.27 bits per heavy atom. The number of hydrogen-bond donors (Lipinski definition) is 2. The van der Waals surface area contributed by atoms with Gasteiger partial charge in [-0.2, -0.15) is 4.80 Å². The molecule has 2 N–H and O–H groups in total. The molecule has 1 aliphatic heterocycles. The van der Waals surface area contributed by atoms with Crippen LogP contribution >= 0.6 is 0 Å². The van der Waals surface area contributed by atoms with Crippen molar-refractivity contribution in [2.45, 2.75) is 12.6 Å². The average Bonchev–Trinajstić information content (AvgIpc) is 3.15. The van der Waals surface area contributed by atoms with Crippen molar-refractivity contribution in [3.63, 3.8) is 0 Å². The molecule has 1 atom stereocenters. The number of hydrogen-bond acceptors (Lipinski definition) is 5. The molecule has 3 heterocycles. The number of fused-ring (bicyclic) bond motifs is 2. The molecular weight excluding hydrogens is 386 g/mol. The van der Waals surface area contributed by atoms with E-state index < -0.39 is 11.9 Å². The zero-order valence-corrected chi connectivity index (χ0v) is 16.2. The Kier molecular flexibility index (Phi) is 4.27. The van der Waals surface area contributed by atoms with Gasteiger partial charge in [-0.3, -0.25) is 14.7 Å². The van der Waals surface area contributed by atoms with Gasteiger partial charge < -0.3 is 19.4 Å². The van der Waals surface area contributed by atoms with Crippen molar-refractivity contribution in [2.24, 2.45) is 0 Å². The van der Waals surface area contributed by atoms with Gasteiger partial charge in [0.1, 0.15) is 24.0 Å². The number of nitrogens with zero attached hydrogens (tertiary/aromatic N) is 3. The molecule has 0 bridgehead atoms. The number of carbonyl (C=O) groups is 2. The van der Waals surface area contributed by atoms with Crippen molar-refractivity contribution in [3.8, 4) is 5.75 Å². The summed E-state index contributed by atoms with van der Waals surface area (Å²) in [7, 11) is 1.65. The molecule has 1 aliphatic rings. The maximum atomic E-state index is 12.9. The normalized spacial score (nSPS) is 16.2. The number of nitrogens with one attached hydrogen (secondary N) is 2. The predicted molar refractivity (Wildman–Crippen MR) is 108 cm³/mol. The number of amides is 2. The van der Waals surface area contributed by atoms with Crippen LogP contribution in [0.4, 0.5) is 5.69 Å². The molecule has 0 aliphatic carbocycles. The van der Waals surface area contributed by atoms with E-state index in [1.807, 2.05) is 42.5 Å². The highest BCUT2D eigenvalue weighted by Gasteiger charge is 2.32. The van der Waals surface area contributed by atoms with E-state index in [2.05, 4.69) is 15.5 Å². The third kappa shape index (κ3) is 3.20. The van der Waals surface area contributed by atoms with Gasteiger partial charge in [0.25, 0.3) is 11.8 Å². The Bertz CT molecular complexity index is 1210. The average molecular weight is 405 g/mol. The molecule has 2 aromatic heterocycles. The molecule has 9 heteroatoms. The van der Waals surface area contributed by atoms with E-state index in [0.29, 0.717) is 23.6 Å². The van der Waals surface area contributed by atoms with Crippen LogP contribution < -0.4 is 15.0 Å². The zero-order valence-electron chi connectivity index (χ0n) is 16.2. The SMILES string of the molecule is CN1C(=O)[C@@H](NC(=O)c2nn(Cc3ccccc3)[nH]2)COc2cc3occc3cc21. The van der Waals surface area contributed by atoms with E-state index in [-0.39, 0.29) is 18.3 Å². The fourth-order valence-electron chi connectivity index (χ4n) is 3.46. The molecule has 30 heavy (non-hydrogen) atoms. The fourth-order valence-corrected chi connectivity index (χ4v) is 3.46. The number of aromatic amines is 1. The van der Waals surface area contributed by atoms with E-state index in [0.717, 1.165) is 10.9 Å². The first kappa shape index (κ1) is 18.0. The minimum atomic E-state index is -0.839. The molecule has 2 aromatic carbocycles. The van der Waals surface area contributed by atoms with Gasteiger partial charge in [-0.15, -0.1) is 5.10 Å². The third-order valence-corrected chi connectivity index (χ3v) is 5.08. The summed E-state index contributed by atoms with van der Waals surface area (Å²) in [4.78, 5) is 28.4. The van der Waals surface area contributed by atoms with Gasteiger partial charge in [0.15, 0.2) is 0 Å². The second-order valence-corrected chi connectivity index (χ2v) is 7.12. The van der Waals surface area contributed by atoms with Crippen LogP contribution in [0.15, 0.2) is 59.2 Å². The number of benzene rings is 2. The number of rotatable bonds is 4. The molecule has 2 amide bonds. The quantitative estimate of drug-likeness (QED) is 0.541. The molecule has 152 valence electrons. The van der Waals surface area contributed by atoms with Crippen LogP contribution in [0.2, 0.25) is 0 Å². The summed E-state index contributed by atoms with van der Waals surface area (Å²) in [6, 6.07) is 14.3. The first-order chi connectivity index (χ1) is 14.6. The zero-order chi connectivity index (χ0) is 20.7. The third-order valence-electron chi connectivity index (χ3n) is 5.08. The second-order valence-electron chi connectivity index (χ2n) is 7.12. The molecule has 5 rings (SSSR count). The minimum Gasteiger partial charge on any atom is -0.489 e. The van der Waals surface area contributed by atoms with Gasteiger partial charge >= 0.3 is 0 Å². The van der Waals surface area contributed by atoms with Gasteiger partial charge in [-0.25, -0.2) is 0 Å². The molecule has 0 unspecified atom stereocenters. The highest BCUT2D eigenvalue weighted by Crippen LogP contribution is 2.35. The summed E-state index contributed by atoms with van der Waals surface area (Å²) < 4.78 is 11.2. The van der Waals surface area contributed by atoms with Crippen molar-refractivity contribution >= 4 is 28.5 Å². The van der Waals surface area contributed by atoms with Crippen LogP contribution in [0.5, 0.6) is 5.75 Å². The highest BCUT2D eigenvalue weighted by molar-refractivity contribution is 6.03. The predicted octanol–water partition coefficient (Wildman–Crippen LogP) is 2.16. The number of carbonyl (C=O) groups excluding carboxylic acids is 2. The van der Waals surface area contributed by atoms with Crippen LogP contribution in [0.25, 0.3) is 11.0 Å². The molecule has 0 saturated heterocycles. The summed E-state index contributed by atoms with van der Waals surface area (Å²) in [5.74, 6) is -0.0563. The summed E-state index contributed by atoms with van der Waals surface area (Å²) in [6.45, 7) is 0.539. The van der Waals surface area contributed by atoms with E-state index in [1.165, 1.54) is 4.90 Å². The lowest BCUT2D eigenvalue weighted by Gasteiger charge is -2.21. The smallest absolute Gasteiger partial charge is 0.291 e. The molecule has 0 fully saturated rings. The number of ether oxygens (including phenoxy) is 1. The summed E-state index contributed by atoms with van der Waals surface area (Å²) in [5.41, 5.74) is 2.35. The lowest BCUT2D eigenvalue weighted by Crippen LogP contribution is -2.50. The largest absolute Gasteiger partial charge is 0.489 e. The topological polar surface area (TPSA) is 105 Å². The number of aromatic nitrogens is 3. The summed E-state index contributed by atoms with van der Waals surface area (Å²) in [6.07, 6.45) is 1.59. The minimum absolute atomic E-state index is 0.00907. The van der Waals surface area contributed by atoms with E-state index in [9.17, 15) is 9.59 Å². The van der Waals surface area contributed by atoms with Crippen molar-refractivity contribution in [1.29, 1.82) is 0 Å². The van der Waals surface area contributed by atoms with E-state index >= 15 is 0 Å². The second kappa shape index (κ2) is 7.11. The van der Waals surface area contributed by atoms with Crippen LogP contribution in [-0.4, -0.2) is 46.5 Å². The maximum absolute atomic E-state index is 12.9. The van der Waals surface area contributed by atoms with Gasteiger partial charge in [0.05, 0.1) is 18.5 Å². The Hall–Kier alpha value is -4.01. The molecule has 0 radical (unpaired) electrons. The van der Waals surface area contributed by atoms with Gasteiger partial charge in [0, 0.05) is 18.5 Å². The van der Waals surface area contributed by atoms with Crippen molar-refractivity contribution in [3.05, 3.63) is 66.2 Å². The number of likely N-dealkylation sites (N-methyl/N-ethyl adjacent to an activating group) is 1. The van der Waals surface area contributed by atoms with Crippen LogP contribution in [0.1, 0.15) is 16.2 Å². The lowest BCUT2D eigenvalue weighted by atomic mass is 10.2. The lowest BCUT2D eigenvalue weighted by molar-refractivity contribution is -0.120. The Balaban J connectivity index is 1.28. The summed E-state index contributed by atoms with van der Waals surface area (Å²) in [5, 5.41) is 10.6. The molecular formula is C21H19N5O4. The van der Waals surface area contributed by atoms with Crippen molar-refractivity contribution in [2.75, 3.05) is 18.6 Å². The van der Waals surface area contributed by atoms with E-state index in [4.69, 9.17) is 9.15 Å². The number of H-pyrrole nitrogens is 1. The van der Waals surface area contributed by atoms with Gasteiger partial charge in [-0.05, 0) is 17.7 Å². The fraction of sp³-hybridized carbons (Fsp3) is 0.190.